The van der Waals surface area contributed by atoms with Crippen molar-refractivity contribution in [2.24, 2.45) is 5.14 Å². The summed E-state index contributed by atoms with van der Waals surface area (Å²) in [6, 6.07) is 8.41. The van der Waals surface area contributed by atoms with E-state index in [1.165, 1.54) is 12.1 Å². The van der Waals surface area contributed by atoms with Crippen LogP contribution in [0.25, 0.3) is 11.0 Å². The molecule has 2 aliphatic rings. The van der Waals surface area contributed by atoms with Gasteiger partial charge in [-0.15, -0.1) is 0 Å². The number of benzene rings is 1. The molecule has 1 aliphatic carbocycles. The number of fused-ring (bicyclic) bond motifs is 1. The predicted octanol–water partition coefficient (Wildman–Crippen LogP) is 1.56. The van der Waals surface area contributed by atoms with Crippen LogP contribution in [0.3, 0.4) is 0 Å². The van der Waals surface area contributed by atoms with E-state index in [0.29, 0.717) is 30.8 Å². The monoisotopic (exact) mass is 465 g/mol. The number of carbonyl (C=O) groups excluding carboxylic acids is 1. The molecule has 2 aromatic heterocycles. The number of nitrogens with zero attached hydrogens (tertiary/aromatic N) is 5. The minimum absolute atomic E-state index is 0.0421. The molecular formula is C22H23N7O3S. The van der Waals surface area contributed by atoms with Gasteiger partial charge in [0.05, 0.1) is 21.9 Å². The Kier molecular flexibility index (Phi) is 5.07. The van der Waals surface area contributed by atoms with Crippen molar-refractivity contribution in [2.75, 3.05) is 24.5 Å². The van der Waals surface area contributed by atoms with Crippen LogP contribution in [-0.4, -0.2) is 59.4 Å². The second-order valence-electron chi connectivity index (χ2n) is 8.57. The molecule has 3 N–H and O–H groups in total. The van der Waals surface area contributed by atoms with Crippen molar-refractivity contribution in [3.05, 3.63) is 47.9 Å². The van der Waals surface area contributed by atoms with Crippen molar-refractivity contribution < 1.29 is 13.2 Å². The number of hydrogen-bond donors (Lipinski definition) is 2. The largest absolute Gasteiger partial charge is 0.352 e. The number of aromatic nitrogens is 3. The number of sulfonamides is 1. The van der Waals surface area contributed by atoms with Gasteiger partial charge >= 0.3 is 0 Å². The summed E-state index contributed by atoms with van der Waals surface area (Å²) in [7, 11) is -3.95. The molecule has 170 valence electrons. The highest BCUT2D eigenvalue weighted by Gasteiger charge is 2.53. The van der Waals surface area contributed by atoms with E-state index in [0.717, 1.165) is 29.7 Å². The molecule has 1 saturated carbocycles. The van der Waals surface area contributed by atoms with E-state index in [2.05, 4.69) is 19.9 Å². The number of piperazine rings is 1. The minimum Gasteiger partial charge on any atom is -0.352 e. The third-order valence-corrected chi connectivity index (χ3v) is 7.49. The molecule has 1 aromatic carbocycles. The molecule has 1 saturated heterocycles. The van der Waals surface area contributed by atoms with E-state index in [-0.39, 0.29) is 29.2 Å². The van der Waals surface area contributed by atoms with Gasteiger partial charge in [0, 0.05) is 37.8 Å². The first-order valence-corrected chi connectivity index (χ1v) is 12.2. The average Bonchev–Trinajstić information content (AvgIpc) is 3.37. The van der Waals surface area contributed by atoms with Crippen LogP contribution in [-0.2, 0) is 16.4 Å². The van der Waals surface area contributed by atoms with Gasteiger partial charge in [-0.05, 0) is 49.1 Å². The van der Waals surface area contributed by atoms with Crippen LogP contribution >= 0.6 is 0 Å². The molecule has 1 spiro atoms. The summed E-state index contributed by atoms with van der Waals surface area (Å²) < 4.78 is 23.9. The maximum Gasteiger partial charge on any atom is 0.254 e. The standard InChI is InChI=1S/C22H23N7O3S/c23-8-1-2-15-12-16(3-4-18(15)33(24,31)32)21(30)29-11-10-28(13-22(29)6-7-22)20-17-5-9-25-19(17)26-14-27-20/h3-5,9,12,14H,1-2,6-7,10-11,13H2,(H2,24,31,32)(H,25,26,27). The Labute approximate surface area is 191 Å². The minimum atomic E-state index is -3.95. The lowest BCUT2D eigenvalue weighted by Gasteiger charge is -2.43. The maximum absolute atomic E-state index is 13.5. The van der Waals surface area contributed by atoms with Crippen molar-refractivity contribution in [3.8, 4) is 6.07 Å². The summed E-state index contributed by atoms with van der Waals surface area (Å²) >= 11 is 0. The second-order valence-corrected chi connectivity index (χ2v) is 10.1. The summed E-state index contributed by atoms with van der Waals surface area (Å²) in [5, 5.41) is 15.2. The number of carbonyl (C=O) groups is 1. The Morgan fingerprint density at radius 3 is 2.79 bits per heavy atom. The number of rotatable bonds is 5. The van der Waals surface area contributed by atoms with Gasteiger partial charge in [0.15, 0.2) is 0 Å². The van der Waals surface area contributed by atoms with E-state index >= 15 is 0 Å². The zero-order valence-corrected chi connectivity index (χ0v) is 18.7. The molecule has 1 aliphatic heterocycles. The van der Waals surface area contributed by atoms with Gasteiger partial charge in [-0.1, -0.05) is 0 Å². The molecule has 2 fully saturated rings. The predicted molar refractivity (Wildman–Crippen MR) is 121 cm³/mol. The fourth-order valence-corrected chi connectivity index (χ4v) is 5.47. The highest BCUT2D eigenvalue weighted by molar-refractivity contribution is 7.89. The Morgan fingerprint density at radius 2 is 2.06 bits per heavy atom. The first-order valence-electron chi connectivity index (χ1n) is 10.7. The van der Waals surface area contributed by atoms with Gasteiger partial charge in [0.2, 0.25) is 10.0 Å². The van der Waals surface area contributed by atoms with Gasteiger partial charge < -0.3 is 14.8 Å². The highest BCUT2D eigenvalue weighted by Crippen LogP contribution is 2.46. The quantitative estimate of drug-likeness (QED) is 0.580. The Bertz CT molecular complexity index is 1390. The number of anilines is 1. The normalized spacial score (nSPS) is 17.3. The molecule has 0 radical (unpaired) electrons. The fraction of sp³-hybridized carbons (Fsp3) is 0.364. The summed E-state index contributed by atoms with van der Waals surface area (Å²) in [5.74, 6) is 0.719. The highest BCUT2D eigenvalue weighted by atomic mass is 32.2. The van der Waals surface area contributed by atoms with Gasteiger partial charge in [-0.3, -0.25) is 4.79 Å². The number of amides is 1. The van der Waals surface area contributed by atoms with Crippen LogP contribution in [0.4, 0.5) is 5.82 Å². The van der Waals surface area contributed by atoms with Crippen molar-refractivity contribution >= 4 is 32.8 Å². The van der Waals surface area contributed by atoms with Crippen LogP contribution in [0.1, 0.15) is 35.2 Å². The number of primary sulfonamides is 1. The molecule has 11 heteroatoms. The average molecular weight is 466 g/mol. The fourth-order valence-electron chi connectivity index (χ4n) is 4.69. The number of H-pyrrole nitrogens is 1. The van der Waals surface area contributed by atoms with E-state index in [9.17, 15) is 13.2 Å². The smallest absolute Gasteiger partial charge is 0.254 e. The maximum atomic E-state index is 13.5. The number of aromatic amines is 1. The molecule has 3 heterocycles. The summed E-state index contributed by atoms with van der Waals surface area (Å²) in [6.45, 7) is 1.83. The third-order valence-electron chi connectivity index (χ3n) is 6.48. The lowest BCUT2D eigenvalue weighted by Crippen LogP contribution is -2.57. The summed E-state index contributed by atoms with van der Waals surface area (Å²) in [6.07, 6.45) is 5.52. The zero-order valence-electron chi connectivity index (χ0n) is 17.9. The lowest BCUT2D eigenvalue weighted by atomic mass is 10.0. The van der Waals surface area contributed by atoms with Gasteiger partial charge in [-0.2, -0.15) is 5.26 Å². The number of nitrogens with two attached hydrogens (primary N) is 1. The Morgan fingerprint density at radius 1 is 1.24 bits per heavy atom. The Balaban J connectivity index is 1.41. The first-order chi connectivity index (χ1) is 15.8. The summed E-state index contributed by atoms with van der Waals surface area (Å²) in [4.78, 5) is 29.4. The van der Waals surface area contributed by atoms with Crippen molar-refractivity contribution in [2.45, 2.75) is 36.1 Å². The zero-order chi connectivity index (χ0) is 23.2. The SMILES string of the molecule is N#CCCc1cc(C(=O)N2CCN(c3ncnc4[nH]ccc34)CC23CC3)ccc1S(N)(=O)=O. The van der Waals surface area contributed by atoms with E-state index < -0.39 is 10.0 Å². The topological polar surface area (TPSA) is 149 Å². The van der Waals surface area contributed by atoms with Crippen LogP contribution < -0.4 is 10.0 Å². The molecule has 5 rings (SSSR count). The second kappa shape index (κ2) is 7.83. The molecule has 3 aromatic rings. The van der Waals surface area contributed by atoms with E-state index in [1.54, 1.807) is 12.4 Å². The molecule has 1 amide bonds. The van der Waals surface area contributed by atoms with Gasteiger partial charge in [0.25, 0.3) is 5.91 Å². The molecular weight excluding hydrogens is 442 g/mol. The van der Waals surface area contributed by atoms with E-state index in [4.69, 9.17) is 10.4 Å². The number of nitriles is 1. The summed E-state index contributed by atoms with van der Waals surface area (Å²) in [5.41, 5.74) is 1.31. The molecule has 33 heavy (non-hydrogen) atoms. The third kappa shape index (κ3) is 3.81. The molecule has 0 bridgehead atoms. The van der Waals surface area contributed by atoms with Crippen molar-refractivity contribution in [1.29, 1.82) is 5.26 Å². The van der Waals surface area contributed by atoms with Gasteiger partial charge in [-0.25, -0.2) is 23.5 Å². The molecule has 0 atom stereocenters. The van der Waals surface area contributed by atoms with Crippen LogP contribution in [0.15, 0.2) is 41.7 Å². The van der Waals surface area contributed by atoms with Crippen LogP contribution in [0.5, 0.6) is 0 Å². The lowest BCUT2D eigenvalue weighted by molar-refractivity contribution is 0.0624. The van der Waals surface area contributed by atoms with Crippen LogP contribution in [0, 0.1) is 11.3 Å². The first kappa shape index (κ1) is 21.4. The van der Waals surface area contributed by atoms with Crippen LogP contribution in [0.2, 0.25) is 0 Å². The van der Waals surface area contributed by atoms with Crippen molar-refractivity contribution in [3.63, 3.8) is 0 Å². The van der Waals surface area contributed by atoms with Gasteiger partial charge in [0.1, 0.15) is 17.8 Å². The Hall–Kier alpha value is -3.49. The number of nitrogens with one attached hydrogen (secondary N) is 1. The number of hydrogen-bond acceptors (Lipinski definition) is 7. The number of aryl methyl sites for hydroxylation is 1. The molecule has 0 unspecified atom stereocenters. The van der Waals surface area contributed by atoms with E-state index in [1.807, 2.05) is 23.2 Å². The molecule has 10 nitrogen and oxygen atoms in total. The van der Waals surface area contributed by atoms with Crippen molar-refractivity contribution in [1.82, 2.24) is 19.9 Å².